The Kier molecular flexibility index (Phi) is 6.42. The van der Waals surface area contributed by atoms with E-state index in [-0.39, 0.29) is 6.10 Å². The molecule has 0 saturated carbocycles. The highest BCUT2D eigenvalue weighted by atomic mass is 32.1. The Hall–Kier alpha value is -3.77. The van der Waals surface area contributed by atoms with Gasteiger partial charge in [0.1, 0.15) is 6.10 Å². The number of thiazole rings is 1. The average Bonchev–Trinajstić information content (AvgIpc) is 3.36. The van der Waals surface area contributed by atoms with Gasteiger partial charge in [0.2, 0.25) is 0 Å². The number of aryl methyl sites for hydroxylation is 1. The molecule has 3 aromatic carbocycles. The van der Waals surface area contributed by atoms with E-state index in [1.807, 2.05) is 36.5 Å². The molecule has 0 aliphatic heterocycles. The SMILES string of the molecule is Cc1cccc(-c2cc(C(OCc3ccc(C#N)cc3)c3cncs3)ccc2C#N)c1C. The van der Waals surface area contributed by atoms with Crippen LogP contribution in [0.2, 0.25) is 0 Å². The van der Waals surface area contributed by atoms with Gasteiger partial charge in [-0.25, -0.2) is 0 Å². The zero-order valence-electron chi connectivity index (χ0n) is 17.9. The third kappa shape index (κ3) is 4.45. The number of nitriles is 2. The van der Waals surface area contributed by atoms with Crippen molar-refractivity contribution in [3.8, 4) is 23.3 Å². The van der Waals surface area contributed by atoms with Crippen LogP contribution in [0.15, 0.2) is 72.4 Å². The maximum atomic E-state index is 9.74. The number of benzene rings is 3. The fourth-order valence-corrected chi connectivity index (χ4v) is 4.33. The fourth-order valence-electron chi connectivity index (χ4n) is 3.64. The zero-order chi connectivity index (χ0) is 22.5. The Balaban J connectivity index is 1.72. The molecule has 0 spiro atoms. The van der Waals surface area contributed by atoms with Crippen LogP contribution < -0.4 is 0 Å². The molecule has 1 heterocycles. The van der Waals surface area contributed by atoms with Crippen molar-refractivity contribution in [1.29, 1.82) is 10.5 Å². The van der Waals surface area contributed by atoms with Gasteiger partial charge in [0.25, 0.3) is 0 Å². The van der Waals surface area contributed by atoms with Gasteiger partial charge in [-0.15, -0.1) is 11.3 Å². The van der Waals surface area contributed by atoms with E-state index in [9.17, 15) is 5.26 Å². The van der Waals surface area contributed by atoms with Crippen molar-refractivity contribution in [2.24, 2.45) is 0 Å². The maximum absolute atomic E-state index is 9.74. The molecule has 0 saturated heterocycles. The predicted molar refractivity (Wildman–Crippen MR) is 126 cm³/mol. The quantitative estimate of drug-likeness (QED) is 0.348. The van der Waals surface area contributed by atoms with Gasteiger partial charge in [-0.05, 0) is 65.9 Å². The van der Waals surface area contributed by atoms with Crippen molar-refractivity contribution in [2.75, 3.05) is 0 Å². The van der Waals surface area contributed by atoms with Crippen molar-refractivity contribution >= 4 is 11.3 Å². The Labute approximate surface area is 192 Å². The van der Waals surface area contributed by atoms with Gasteiger partial charge in [0.05, 0.1) is 40.3 Å². The number of nitrogens with zero attached hydrogens (tertiary/aromatic N) is 3. The molecule has 4 nitrogen and oxygen atoms in total. The van der Waals surface area contributed by atoms with Crippen LogP contribution in [-0.4, -0.2) is 4.98 Å². The molecule has 1 atom stereocenters. The van der Waals surface area contributed by atoms with E-state index in [0.29, 0.717) is 17.7 Å². The van der Waals surface area contributed by atoms with Crippen LogP contribution >= 0.6 is 11.3 Å². The van der Waals surface area contributed by atoms with Crippen molar-refractivity contribution in [2.45, 2.75) is 26.6 Å². The average molecular weight is 436 g/mol. The smallest absolute Gasteiger partial charge is 0.119 e. The second kappa shape index (κ2) is 9.58. The van der Waals surface area contributed by atoms with E-state index < -0.39 is 0 Å². The highest BCUT2D eigenvalue weighted by molar-refractivity contribution is 7.09. The van der Waals surface area contributed by atoms with Crippen molar-refractivity contribution in [3.63, 3.8) is 0 Å². The minimum atomic E-state index is -0.310. The zero-order valence-corrected chi connectivity index (χ0v) is 18.7. The standard InChI is InChI=1S/C27H21N3OS/c1-18-4-3-5-24(19(18)2)25-12-22(10-11-23(25)14-29)27(26-15-30-17-32-26)31-16-21-8-6-20(13-28)7-9-21/h3-12,15,17,27H,16H2,1-2H3. The number of hydrogen-bond acceptors (Lipinski definition) is 5. The normalized spacial score (nSPS) is 11.5. The van der Waals surface area contributed by atoms with Crippen LogP contribution in [0.4, 0.5) is 0 Å². The molecule has 4 rings (SSSR count). The van der Waals surface area contributed by atoms with Gasteiger partial charge < -0.3 is 4.74 Å². The summed E-state index contributed by atoms with van der Waals surface area (Å²) < 4.78 is 6.36. The van der Waals surface area contributed by atoms with Gasteiger partial charge in [0.15, 0.2) is 0 Å². The van der Waals surface area contributed by atoms with Crippen LogP contribution in [0, 0.1) is 36.5 Å². The largest absolute Gasteiger partial charge is 0.363 e. The first-order valence-electron chi connectivity index (χ1n) is 10.2. The molecule has 1 unspecified atom stereocenters. The van der Waals surface area contributed by atoms with E-state index in [2.05, 4.69) is 49.2 Å². The van der Waals surface area contributed by atoms with Crippen molar-refractivity contribution in [1.82, 2.24) is 4.98 Å². The third-order valence-corrected chi connectivity index (χ3v) is 6.39. The topological polar surface area (TPSA) is 69.7 Å². The predicted octanol–water partition coefficient (Wildman–Crippen LogP) is 6.48. The molecule has 0 fully saturated rings. The van der Waals surface area contributed by atoms with Crippen LogP contribution in [0.3, 0.4) is 0 Å². The summed E-state index contributed by atoms with van der Waals surface area (Å²) in [6.45, 7) is 4.56. The molecule has 5 heteroatoms. The monoisotopic (exact) mass is 435 g/mol. The molecule has 156 valence electrons. The highest BCUT2D eigenvalue weighted by Gasteiger charge is 2.20. The van der Waals surface area contributed by atoms with Gasteiger partial charge in [-0.3, -0.25) is 4.98 Å². The van der Waals surface area contributed by atoms with Crippen LogP contribution in [0.25, 0.3) is 11.1 Å². The molecular weight excluding hydrogens is 414 g/mol. The van der Waals surface area contributed by atoms with E-state index in [1.54, 1.807) is 29.0 Å². The van der Waals surface area contributed by atoms with E-state index >= 15 is 0 Å². The summed E-state index contributed by atoms with van der Waals surface area (Å²) in [6.07, 6.45) is 1.51. The van der Waals surface area contributed by atoms with Gasteiger partial charge in [0, 0.05) is 11.8 Å². The first kappa shape index (κ1) is 21.5. The van der Waals surface area contributed by atoms with E-state index in [0.717, 1.165) is 32.7 Å². The summed E-state index contributed by atoms with van der Waals surface area (Å²) in [7, 11) is 0. The summed E-state index contributed by atoms with van der Waals surface area (Å²) in [5.74, 6) is 0. The van der Waals surface area contributed by atoms with Crippen LogP contribution in [-0.2, 0) is 11.3 Å². The summed E-state index contributed by atoms with van der Waals surface area (Å²) >= 11 is 1.54. The molecule has 0 radical (unpaired) electrons. The molecule has 0 aliphatic rings. The summed E-state index contributed by atoms with van der Waals surface area (Å²) in [6, 6.07) is 23.9. The first-order valence-corrected chi connectivity index (χ1v) is 11.1. The fraction of sp³-hybridized carbons (Fsp3) is 0.148. The van der Waals surface area contributed by atoms with Crippen LogP contribution in [0.5, 0.6) is 0 Å². The maximum Gasteiger partial charge on any atom is 0.119 e. The molecule has 32 heavy (non-hydrogen) atoms. The molecule has 0 N–H and O–H groups in total. The number of rotatable bonds is 6. The Bertz CT molecular complexity index is 1310. The number of hydrogen-bond donors (Lipinski definition) is 0. The van der Waals surface area contributed by atoms with Crippen LogP contribution in [0.1, 0.15) is 44.4 Å². The molecule has 1 aromatic heterocycles. The summed E-state index contributed by atoms with van der Waals surface area (Å²) in [4.78, 5) is 5.23. The summed E-state index contributed by atoms with van der Waals surface area (Å²) in [5, 5.41) is 18.7. The van der Waals surface area contributed by atoms with Gasteiger partial charge in [-0.1, -0.05) is 36.4 Å². The second-order valence-corrected chi connectivity index (χ2v) is 8.49. The minimum absolute atomic E-state index is 0.310. The van der Waals surface area contributed by atoms with Gasteiger partial charge in [-0.2, -0.15) is 10.5 Å². The number of aromatic nitrogens is 1. The minimum Gasteiger partial charge on any atom is -0.363 e. The van der Waals surface area contributed by atoms with E-state index in [4.69, 9.17) is 10.00 Å². The lowest BCUT2D eigenvalue weighted by Gasteiger charge is -2.19. The molecular formula is C27H21N3OS. The Morgan fingerprint density at radius 2 is 1.78 bits per heavy atom. The lowest BCUT2D eigenvalue weighted by molar-refractivity contribution is 0.0689. The molecule has 0 aliphatic carbocycles. The molecule has 0 bridgehead atoms. The first-order chi connectivity index (χ1) is 15.6. The van der Waals surface area contributed by atoms with E-state index in [1.165, 1.54) is 5.56 Å². The van der Waals surface area contributed by atoms with Gasteiger partial charge >= 0.3 is 0 Å². The highest BCUT2D eigenvalue weighted by Crippen LogP contribution is 2.35. The van der Waals surface area contributed by atoms with Crippen molar-refractivity contribution < 1.29 is 4.74 Å². The third-order valence-electron chi connectivity index (χ3n) is 5.57. The number of ether oxygens (including phenoxy) is 1. The Morgan fingerprint density at radius 3 is 2.47 bits per heavy atom. The molecule has 0 amide bonds. The Morgan fingerprint density at radius 1 is 0.969 bits per heavy atom. The lowest BCUT2D eigenvalue weighted by atomic mass is 9.91. The summed E-state index contributed by atoms with van der Waals surface area (Å²) in [5.41, 5.74) is 9.32. The second-order valence-electron chi connectivity index (χ2n) is 7.57. The molecule has 4 aromatic rings. The van der Waals surface area contributed by atoms with Crippen molar-refractivity contribution in [3.05, 3.63) is 111 Å². The lowest BCUT2D eigenvalue weighted by Crippen LogP contribution is -2.06.